The Kier molecular flexibility index (Phi) is 9.15. The molecule has 0 saturated heterocycles. The third-order valence-corrected chi connectivity index (χ3v) is 3.73. The van der Waals surface area contributed by atoms with E-state index in [2.05, 4.69) is 52.9 Å². The van der Waals surface area contributed by atoms with Crippen molar-refractivity contribution in [1.82, 2.24) is 10.6 Å². The Morgan fingerprint density at radius 2 is 2.09 bits per heavy atom. The molecule has 1 heterocycles. The van der Waals surface area contributed by atoms with E-state index in [0.29, 0.717) is 0 Å². The first-order chi connectivity index (χ1) is 10.3. The number of aryl methyl sites for hydroxylation is 1. The second-order valence-corrected chi connectivity index (χ2v) is 5.22. The summed E-state index contributed by atoms with van der Waals surface area (Å²) in [6.45, 7) is 5.44. The van der Waals surface area contributed by atoms with Crippen LogP contribution < -0.4 is 10.6 Å². The molecular formula is C17H26IN3O. The molecule has 0 amide bonds. The molecule has 0 spiro atoms. The number of nitrogens with one attached hydrogen (secondary N) is 2. The molecule has 0 fully saturated rings. The maximum atomic E-state index is 5.31. The Bertz CT molecular complexity index is 514. The summed E-state index contributed by atoms with van der Waals surface area (Å²) in [6, 6.07) is 8.40. The largest absolute Gasteiger partial charge is 0.377 e. The number of guanidine groups is 1. The van der Waals surface area contributed by atoms with E-state index >= 15 is 0 Å². The SMILES string of the molecule is CN=C(NCCC1=CCOCC1)NCc1ccccc1C.I. The summed E-state index contributed by atoms with van der Waals surface area (Å²) in [5, 5.41) is 6.72. The van der Waals surface area contributed by atoms with Gasteiger partial charge in [0.15, 0.2) is 5.96 Å². The van der Waals surface area contributed by atoms with Gasteiger partial charge in [-0.3, -0.25) is 4.99 Å². The van der Waals surface area contributed by atoms with Gasteiger partial charge in [0.25, 0.3) is 0 Å². The summed E-state index contributed by atoms with van der Waals surface area (Å²) < 4.78 is 5.31. The predicted molar refractivity (Wildman–Crippen MR) is 103 cm³/mol. The van der Waals surface area contributed by atoms with Crippen molar-refractivity contribution < 1.29 is 4.74 Å². The molecule has 22 heavy (non-hydrogen) atoms. The van der Waals surface area contributed by atoms with Crippen LogP contribution in [0, 0.1) is 6.92 Å². The van der Waals surface area contributed by atoms with E-state index in [1.807, 2.05) is 0 Å². The van der Waals surface area contributed by atoms with Crippen LogP contribution in [0.3, 0.4) is 0 Å². The van der Waals surface area contributed by atoms with E-state index < -0.39 is 0 Å². The first-order valence-corrected chi connectivity index (χ1v) is 7.54. The van der Waals surface area contributed by atoms with Gasteiger partial charge in [0.2, 0.25) is 0 Å². The molecule has 122 valence electrons. The zero-order valence-corrected chi connectivity index (χ0v) is 15.7. The van der Waals surface area contributed by atoms with Gasteiger partial charge >= 0.3 is 0 Å². The van der Waals surface area contributed by atoms with Gasteiger partial charge in [0.05, 0.1) is 13.2 Å². The highest BCUT2D eigenvalue weighted by Crippen LogP contribution is 2.10. The van der Waals surface area contributed by atoms with Crippen LogP contribution in [0.15, 0.2) is 40.9 Å². The molecular weight excluding hydrogens is 389 g/mol. The Balaban J connectivity index is 0.00000242. The lowest BCUT2D eigenvalue weighted by molar-refractivity contribution is 0.153. The predicted octanol–water partition coefficient (Wildman–Crippen LogP) is 3.01. The zero-order chi connectivity index (χ0) is 14.9. The molecule has 0 aliphatic carbocycles. The van der Waals surface area contributed by atoms with Crippen LogP contribution >= 0.6 is 24.0 Å². The molecule has 1 aromatic rings. The third-order valence-electron chi connectivity index (χ3n) is 3.73. The lowest BCUT2D eigenvalue weighted by atomic mass is 10.1. The highest BCUT2D eigenvalue weighted by atomic mass is 127. The second-order valence-electron chi connectivity index (χ2n) is 5.22. The van der Waals surface area contributed by atoms with Crippen LogP contribution in [0.4, 0.5) is 0 Å². The van der Waals surface area contributed by atoms with Crippen molar-refractivity contribution in [2.45, 2.75) is 26.3 Å². The number of rotatable bonds is 5. The molecule has 0 saturated carbocycles. The standard InChI is InChI=1S/C17H25N3O.HI/c1-14-5-3-4-6-16(14)13-20-17(18-2)19-10-7-15-8-11-21-12-9-15;/h3-6,8H,7,9-13H2,1-2H3,(H2,18,19,20);1H. The monoisotopic (exact) mass is 415 g/mol. The number of hydrogen-bond donors (Lipinski definition) is 2. The van der Waals surface area contributed by atoms with E-state index in [-0.39, 0.29) is 24.0 Å². The van der Waals surface area contributed by atoms with Gasteiger partial charge in [-0.2, -0.15) is 0 Å². The minimum atomic E-state index is 0. The van der Waals surface area contributed by atoms with Crippen LogP contribution in [0.5, 0.6) is 0 Å². The molecule has 1 aliphatic heterocycles. The van der Waals surface area contributed by atoms with Gasteiger partial charge in [-0.25, -0.2) is 0 Å². The lowest BCUT2D eigenvalue weighted by Gasteiger charge is -2.16. The fraction of sp³-hybridized carbons (Fsp3) is 0.471. The normalized spacial score (nSPS) is 14.8. The fourth-order valence-corrected chi connectivity index (χ4v) is 2.34. The van der Waals surface area contributed by atoms with Gasteiger partial charge in [0, 0.05) is 20.1 Å². The maximum absolute atomic E-state index is 5.31. The summed E-state index contributed by atoms with van der Waals surface area (Å²) in [4.78, 5) is 4.27. The number of benzene rings is 1. The first kappa shape index (κ1) is 19.0. The Hall–Kier alpha value is -1.08. The molecule has 0 atom stereocenters. The Labute approximate surface area is 150 Å². The Morgan fingerprint density at radius 3 is 2.77 bits per heavy atom. The first-order valence-electron chi connectivity index (χ1n) is 7.54. The number of aliphatic imine (C=N–C) groups is 1. The molecule has 4 nitrogen and oxygen atoms in total. The summed E-state index contributed by atoms with van der Waals surface area (Å²) in [7, 11) is 1.81. The number of nitrogens with zero attached hydrogens (tertiary/aromatic N) is 1. The minimum Gasteiger partial charge on any atom is -0.377 e. The topological polar surface area (TPSA) is 45.7 Å². The van der Waals surface area contributed by atoms with E-state index in [9.17, 15) is 0 Å². The van der Waals surface area contributed by atoms with Crippen molar-refractivity contribution in [3.8, 4) is 0 Å². The fourth-order valence-electron chi connectivity index (χ4n) is 2.34. The van der Waals surface area contributed by atoms with Crippen molar-refractivity contribution >= 4 is 29.9 Å². The van der Waals surface area contributed by atoms with Crippen molar-refractivity contribution in [3.63, 3.8) is 0 Å². The zero-order valence-electron chi connectivity index (χ0n) is 13.4. The van der Waals surface area contributed by atoms with Crippen LogP contribution in [0.25, 0.3) is 0 Å². The maximum Gasteiger partial charge on any atom is 0.191 e. The summed E-state index contributed by atoms with van der Waals surface area (Å²) >= 11 is 0. The van der Waals surface area contributed by atoms with E-state index in [4.69, 9.17) is 4.74 Å². The minimum absolute atomic E-state index is 0. The van der Waals surface area contributed by atoms with Gasteiger partial charge in [-0.05, 0) is 30.9 Å². The molecule has 2 N–H and O–H groups in total. The molecule has 0 unspecified atom stereocenters. The quantitative estimate of drug-likeness (QED) is 0.337. The third kappa shape index (κ3) is 6.36. The van der Waals surface area contributed by atoms with E-state index in [0.717, 1.165) is 45.1 Å². The number of ether oxygens (including phenoxy) is 1. The molecule has 0 aromatic heterocycles. The molecule has 5 heteroatoms. The molecule has 1 aliphatic rings. The van der Waals surface area contributed by atoms with Crippen molar-refractivity contribution in [2.24, 2.45) is 4.99 Å². The highest BCUT2D eigenvalue weighted by Gasteiger charge is 2.04. The average Bonchev–Trinajstić information content (AvgIpc) is 2.53. The van der Waals surface area contributed by atoms with Crippen molar-refractivity contribution in [2.75, 3.05) is 26.8 Å². The van der Waals surface area contributed by atoms with Crippen LogP contribution in [0.1, 0.15) is 24.0 Å². The second kappa shape index (κ2) is 10.6. The van der Waals surface area contributed by atoms with Crippen molar-refractivity contribution in [1.29, 1.82) is 0 Å². The molecule has 2 rings (SSSR count). The summed E-state index contributed by atoms with van der Waals surface area (Å²) in [5.74, 6) is 0.853. The number of halogens is 1. The van der Waals surface area contributed by atoms with Gasteiger partial charge in [-0.15, -0.1) is 24.0 Å². The summed E-state index contributed by atoms with van der Waals surface area (Å²) in [5.41, 5.74) is 4.07. The van der Waals surface area contributed by atoms with Gasteiger partial charge in [-0.1, -0.05) is 35.9 Å². The molecule has 0 radical (unpaired) electrons. The average molecular weight is 415 g/mol. The lowest BCUT2D eigenvalue weighted by Crippen LogP contribution is -2.37. The van der Waals surface area contributed by atoms with E-state index in [1.165, 1.54) is 16.7 Å². The molecule has 0 bridgehead atoms. The van der Waals surface area contributed by atoms with Crippen LogP contribution in [-0.4, -0.2) is 32.8 Å². The van der Waals surface area contributed by atoms with Gasteiger partial charge < -0.3 is 15.4 Å². The molecule has 1 aromatic carbocycles. The summed E-state index contributed by atoms with van der Waals surface area (Å²) in [6.07, 6.45) is 4.29. The number of hydrogen-bond acceptors (Lipinski definition) is 2. The van der Waals surface area contributed by atoms with E-state index in [1.54, 1.807) is 7.05 Å². The smallest absolute Gasteiger partial charge is 0.191 e. The highest BCUT2D eigenvalue weighted by molar-refractivity contribution is 14.0. The van der Waals surface area contributed by atoms with Crippen LogP contribution in [0.2, 0.25) is 0 Å². The Morgan fingerprint density at radius 1 is 1.27 bits per heavy atom. The van der Waals surface area contributed by atoms with Gasteiger partial charge in [0.1, 0.15) is 0 Å². The van der Waals surface area contributed by atoms with Crippen molar-refractivity contribution in [3.05, 3.63) is 47.0 Å². The van der Waals surface area contributed by atoms with Crippen LogP contribution in [-0.2, 0) is 11.3 Å².